The normalized spacial score (nSPS) is 26.5. The van der Waals surface area contributed by atoms with E-state index < -0.39 is 12.0 Å². The maximum Gasteiger partial charge on any atom is 0.325 e. The van der Waals surface area contributed by atoms with Crippen molar-refractivity contribution >= 4 is 17.8 Å². The smallest absolute Gasteiger partial charge is 0.325 e. The minimum atomic E-state index is -0.590. The summed E-state index contributed by atoms with van der Waals surface area (Å²) in [4.78, 5) is 38.0. The molecule has 2 atom stereocenters. The number of allylic oxidation sites excluding steroid dienone is 3. The molecule has 1 aliphatic heterocycles. The Kier molecular flexibility index (Phi) is 4.00. The van der Waals surface area contributed by atoms with Crippen LogP contribution in [0.1, 0.15) is 19.3 Å². The fraction of sp³-hybridized carbons (Fsp3) is 0.562. The molecular formula is C16H20N2O4. The monoisotopic (exact) mass is 304 g/mol. The molecule has 3 aliphatic rings. The Balaban J connectivity index is 1.78. The number of methoxy groups -OCH3 is 1. The predicted molar refractivity (Wildman–Crippen MR) is 78.6 cm³/mol. The zero-order valence-electron chi connectivity index (χ0n) is 12.6. The highest BCUT2D eigenvalue weighted by molar-refractivity contribution is 5.98. The third-order valence-electron chi connectivity index (χ3n) is 4.44. The van der Waals surface area contributed by atoms with Gasteiger partial charge in [0.1, 0.15) is 12.6 Å². The van der Waals surface area contributed by atoms with Gasteiger partial charge in [-0.1, -0.05) is 18.2 Å². The van der Waals surface area contributed by atoms with Crippen LogP contribution in [0.3, 0.4) is 0 Å². The second-order valence-electron chi connectivity index (χ2n) is 6.01. The number of ether oxygens (including phenoxy) is 1. The minimum absolute atomic E-state index is 0.0284. The number of hydrogen-bond acceptors (Lipinski definition) is 4. The number of likely N-dealkylation sites (tertiary alicyclic amines) is 1. The molecule has 1 saturated carbocycles. The largest absolute Gasteiger partial charge is 0.468 e. The van der Waals surface area contributed by atoms with E-state index in [0.717, 1.165) is 18.4 Å². The lowest BCUT2D eigenvalue weighted by Crippen LogP contribution is -2.47. The van der Waals surface area contributed by atoms with Crippen LogP contribution in [-0.4, -0.2) is 48.9 Å². The Bertz CT molecular complexity index is 562. The Morgan fingerprint density at radius 2 is 2.18 bits per heavy atom. The van der Waals surface area contributed by atoms with Crippen molar-refractivity contribution in [3.63, 3.8) is 0 Å². The number of esters is 1. The van der Waals surface area contributed by atoms with Crippen molar-refractivity contribution in [2.75, 3.05) is 20.2 Å². The fourth-order valence-corrected chi connectivity index (χ4v) is 3.07. The van der Waals surface area contributed by atoms with Gasteiger partial charge in [0.05, 0.1) is 13.0 Å². The maximum absolute atomic E-state index is 12.6. The molecule has 1 saturated heterocycles. The van der Waals surface area contributed by atoms with E-state index in [1.54, 1.807) is 4.90 Å². The van der Waals surface area contributed by atoms with E-state index in [4.69, 9.17) is 0 Å². The van der Waals surface area contributed by atoms with Gasteiger partial charge in [-0.15, -0.1) is 0 Å². The van der Waals surface area contributed by atoms with E-state index in [0.29, 0.717) is 18.9 Å². The summed E-state index contributed by atoms with van der Waals surface area (Å²) in [6.45, 7) is 0.452. The molecule has 2 aliphatic carbocycles. The molecule has 2 amide bonds. The van der Waals surface area contributed by atoms with Crippen molar-refractivity contribution in [2.24, 2.45) is 11.8 Å². The molecule has 0 bridgehead atoms. The molecule has 22 heavy (non-hydrogen) atoms. The van der Waals surface area contributed by atoms with Crippen LogP contribution in [-0.2, 0) is 19.1 Å². The van der Waals surface area contributed by atoms with Gasteiger partial charge in [-0.25, -0.2) is 0 Å². The summed E-state index contributed by atoms with van der Waals surface area (Å²) < 4.78 is 4.53. The third kappa shape index (κ3) is 2.77. The van der Waals surface area contributed by atoms with Crippen molar-refractivity contribution in [3.8, 4) is 0 Å². The average Bonchev–Trinajstić information content (AvgIpc) is 3.31. The second kappa shape index (κ2) is 5.94. The van der Waals surface area contributed by atoms with E-state index in [1.165, 1.54) is 7.11 Å². The highest BCUT2D eigenvalue weighted by atomic mass is 16.5. The second-order valence-corrected chi connectivity index (χ2v) is 6.01. The van der Waals surface area contributed by atoms with Gasteiger partial charge >= 0.3 is 5.97 Å². The highest BCUT2D eigenvalue weighted by Crippen LogP contribution is 2.39. The fourth-order valence-electron chi connectivity index (χ4n) is 3.07. The van der Waals surface area contributed by atoms with Crippen LogP contribution >= 0.6 is 0 Å². The van der Waals surface area contributed by atoms with Crippen LogP contribution in [0.25, 0.3) is 0 Å². The summed E-state index contributed by atoms with van der Waals surface area (Å²) in [5, 5.41) is 2.58. The van der Waals surface area contributed by atoms with Crippen molar-refractivity contribution in [2.45, 2.75) is 25.3 Å². The van der Waals surface area contributed by atoms with E-state index in [1.807, 2.05) is 18.2 Å². The standard InChI is InChI=1S/C16H20N2O4/c1-22-13(19)8-17-15(20)14-11-4-2-3-5-12(11)16(21)18(14)9-10-6-7-10/h2-4,10,12,14H,5-9H2,1H3,(H,17,20). The van der Waals surface area contributed by atoms with Gasteiger partial charge in [0.15, 0.2) is 0 Å². The minimum Gasteiger partial charge on any atom is -0.468 e. The SMILES string of the molecule is COC(=O)CNC(=O)C1C2=CC=CCC2C(=O)N1CC1CC1. The average molecular weight is 304 g/mol. The number of fused-ring (bicyclic) bond motifs is 1. The number of rotatable bonds is 5. The van der Waals surface area contributed by atoms with Crippen molar-refractivity contribution < 1.29 is 19.1 Å². The number of nitrogens with one attached hydrogen (secondary N) is 1. The van der Waals surface area contributed by atoms with Gasteiger partial charge in [0.2, 0.25) is 11.8 Å². The van der Waals surface area contributed by atoms with Gasteiger partial charge in [-0.2, -0.15) is 0 Å². The van der Waals surface area contributed by atoms with Gasteiger partial charge in [-0.3, -0.25) is 14.4 Å². The molecule has 0 aromatic carbocycles. The van der Waals surface area contributed by atoms with Crippen molar-refractivity contribution in [1.82, 2.24) is 10.2 Å². The van der Waals surface area contributed by atoms with E-state index in [2.05, 4.69) is 10.1 Å². The molecule has 0 aromatic rings. The molecule has 2 unspecified atom stereocenters. The molecule has 0 spiro atoms. The first-order chi connectivity index (χ1) is 10.6. The lowest BCUT2D eigenvalue weighted by molar-refractivity contribution is -0.142. The molecule has 0 radical (unpaired) electrons. The van der Waals surface area contributed by atoms with Crippen LogP contribution in [0.15, 0.2) is 23.8 Å². The molecule has 118 valence electrons. The van der Waals surface area contributed by atoms with Crippen LogP contribution in [0.4, 0.5) is 0 Å². The van der Waals surface area contributed by atoms with Gasteiger partial charge in [0.25, 0.3) is 0 Å². The number of carbonyl (C=O) groups excluding carboxylic acids is 3. The zero-order chi connectivity index (χ0) is 15.7. The molecule has 6 nitrogen and oxygen atoms in total. The molecule has 2 fully saturated rings. The first kappa shape index (κ1) is 14.8. The number of nitrogens with zero attached hydrogens (tertiary/aromatic N) is 1. The van der Waals surface area contributed by atoms with Crippen LogP contribution in [0, 0.1) is 11.8 Å². The Morgan fingerprint density at radius 1 is 1.41 bits per heavy atom. The number of amides is 2. The van der Waals surface area contributed by atoms with Crippen LogP contribution < -0.4 is 5.32 Å². The molecule has 6 heteroatoms. The Labute approximate surface area is 129 Å². The quantitative estimate of drug-likeness (QED) is 0.746. The van der Waals surface area contributed by atoms with E-state index >= 15 is 0 Å². The topological polar surface area (TPSA) is 75.7 Å². The molecule has 1 heterocycles. The summed E-state index contributed by atoms with van der Waals surface area (Å²) in [7, 11) is 1.28. The lowest BCUT2D eigenvalue weighted by Gasteiger charge is -2.24. The molecule has 3 rings (SSSR count). The summed E-state index contributed by atoms with van der Waals surface area (Å²) in [5.41, 5.74) is 0.843. The first-order valence-electron chi connectivity index (χ1n) is 7.63. The summed E-state index contributed by atoms with van der Waals surface area (Å²) in [6.07, 6.45) is 8.58. The summed E-state index contributed by atoms with van der Waals surface area (Å²) in [6, 6.07) is -0.590. The van der Waals surface area contributed by atoms with E-state index in [-0.39, 0.29) is 24.3 Å². The highest BCUT2D eigenvalue weighted by Gasteiger charge is 2.48. The van der Waals surface area contributed by atoms with Crippen LogP contribution in [0.5, 0.6) is 0 Å². The predicted octanol–water partition coefficient (Wildman–Crippen LogP) is 0.399. The van der Waals surface area contributed by atoms with Gasteiger partial charge in [0, 0.05) is 6.54 Å². The summed E-state index contributed by atoms with van der Waals surface area (Å²) >= 11 is 0. The Morgan fingerprint density at radius 3 is 2.86 bits per heavy atom. The van der Waals surface area contributed by atoms with Gasteiger partial charge < -0.3 is 15.0 Å². The third-order valence-corrected chi connectivity index (χ3v) is 4.44. The van der Waals surface area contributed by atoms with E-state index in [9.17, 15) is 14.4 Å². The summed E-state index contributed by atoms with van der Waals surface area (Å²) in [5.74, 6) is -0.490. The lowest BCUT2D eigenvalue weighted by atomic mass is 9.90. The molecular weight excluding hydrogens is 284 g/mol. The number of carbonyl (C=O) groups is 3. The van der Waals surface area contributed by atoms with Crippen LogP contribution in [0.2, 0.25) is 0 Å². The van der Waals surface area contributed by atoms with Crippen molar-refractivity contribution in [3.05, 3.63) is 23.8 Å². The maximum atomic E-state index is 12.6. The molecule has 1 N–H and O–H groups in total. The molecule has 0 aromatic heterocycles. The number of hydrogen-bond donors (Lipinski definition) is 1. The zero-order valence-corrected chi connectivity index (χ0v) is 12.6. The van der Waals surface area contributed by atoms with Crippen molar-refractivity contribution in [1.29, 1.82) is 0 Å². The Hall–Kier alpha value is -2.11. The van der Waals surface area contributed by atoms with Gasteiger partial charge in [-0.05, 0) is 30.8 Å². The first-order valence-corrected chi connectivity index (χ1v) is 7.63.